The standard InChI is InChI=1S/C9H20N2/c1-3-5-9-8-11(4-2)7-6-10-9/h9-10H,3-8H2,1-2H3. The molecule has 2 heteroatoms. The largest absolute Gasteiger partial charge is 0.311 e. The first-order chi connectivity index (χ1) is 5.36. The van der Waals surface area contributed by atoms with Gasteiger partial charge in [0.2, 0.25) is 0 Å². The zero-order valence-corrected chi connectivity index (χ0v) is 7.77. The van der Waals surface area contributed by atoms with Crippen LogP contribution in [0.3, 0.4) is 0 Å². The van der Waals surface area contributed by atoms with E-state index in [-0.39, 0.29) is 0 Å². The summed E-state index contributed by atoms with van der Waals surface area (Å²) in [6.07, 6.45) is 2.63. The lowest BCUT2D eigenvalue weighted by molar-refractivity contribution is 0.202. The second kappa shape index (κ2) is 4.73. The molecule has 0 aromatic rings. The van der Waals surface area contributed by atoms with Gasteiger partial charge in [0, 0.05) is 25.7 Å². The fourth-order valence-corrected chi connectivity index (χ4v) is 1.72. The lowest BCUT2D eigenvalue weighted by Gasteiger charge is -2.32. The molecule has 1 unspecified atom stereocenters. The highest BCUT2D eigenvalue weighted by Gasteiger charge is 2.16. The van der Waals surface area contributed by atoms with Crippen molar-refractivity contribution in [3.63, 3.8) is 0 Å². The third-order valence-electron chi connectivity index (χ3n) is 2.42. The van der Waals surface area contributed by atoms with E-state index in [0.717, 1.165) is 6.04 Å². The van der Waals surface area contributed by atoms with Crippen molar-refractivity contribution in [2.75, 3.05) is 26.2 Å². The monoisotopic (exact) mass is 156 g/mol. The Bertz CT molecular complexity index is 102. The highest BCUT2D eigenvalue weighted by atomic mass is 15.2. The van der Waals surface area contributed by atoms with Crippen LogP contribution in [0.1, 0.15) is 26.7 Å². The molecule has 1 aliphatic heterocycles. The van der Waals surface area contributed by atoms with Gasteiger partial charge in [0.1, 0.15) is 0 Å². The molecule has 0 aromatic carbocycles. The quantitative estimate of drug-likeness (QED) is 0.658. The molecule has 0 amide bonds. The Morgan fingerprint density at radius 3 is 2.91 bits per heavy atom. The Morgan fingerprint density at radius 2 is 2.27 bits per heavy atom. The highest BCUT2D eigenvalue weighted by Crippen LogP contribution is 2.03. The lowest BCUT2D eigenvalue weighted by atomic mass is 10.1. The summed E-state index contributed by atoms with van der Waals surface area (Å²) in [6.45, 7) is 9.38. The van der Waals surface area contributed by atoms with Crippen LogP contribution in [-0.2, 0) is 0 Å². The summed E-state index contributed by atoms with van der Waals surface area (Å²) in [5.41, 5.74) is 0. The van der Waals surface area contributed by atoms with Gasteiger partial charge in [0.05, 0.1) is 0 Å². The fraction of sp³-hybridized carbons (Fsp3) is 1.00. The zero-order valence-electron chi connectivity index (χ0n) is 7.77. The van der Waals surface area contributed by atoms with Crippen molar-refractivity contribution in [3.05, 3.63) is 0 Å². The molecule has 1 atom stereocenters. The van der Waals surface area contributed by atoms with Gasteiger partial charge in [-0.25, -0.2) is 0 Å². The van der Waals surface area contributed by atoms with Gasteiger partial charge in [-0.3, -0.25) is 0 Å². The van der Waals surface area contributed by atoms with E-state index in [2.05, 4.69) is 24.1 Å². The second-order valence-electron chi connectivity index (χ2n) is 3.33. The van der Waals surface area contributed by atoms with E-state index < -0.39 is 0 Å². The molecule has 0 saturated carbocycles. The van der Waals surface area contributed by atoms with E-state index >= 15 is 0 Å². The Hall–Kier alpha value is -0.0800. The molecule has 11 heavy (non-hydrogen) atoms. The minimum atomic E-state index is 0.758. The number of hydrogen-bond donors (Lipinski definition) is 1. The smallest absolute Gasteiger partial charge is 0.0195 e. The van der Waals surface area contributed by atoms with Crippen molar-refractivity contribution in [2.24, 2.45) is 0 Å². The summed E-state index contributed by atoms with van der Waals surface area (Å²) in [5, 5.41) is 3.54. The molecule has 0 radical (unpaired) electrons. The van der Waals surface area contributed by atoms with Crippen molar-refractivity contribution in [2.45, 2.75) is 32.7 Å². The van der Waals surface area contributed by atoms with Gasteiger partial charge in [-0.15, -0.1) is 0 Å². The normalized spacial score (nSPS) is 27.3. The molecule has 1 fully saturated rings. The topological polar surface area (TPSA) is 15.3 Å². The van der Waals surface area contributed by atoms with Gasteiger partial charge < -0.3 is 10.2 Å². The zero-order chi connectivity index (χ0) is 8.10. The van der Waals surface area contributed by atoms with E-state index in [9.17, 15) is 0 Å². The molecular weight excluding hydrogens is 136 g/mol. The van der Waals surface area contributed by atoms with Crippen molar-refractivity contribution < 1.29 is 0 Å². The third kappa shape index (κ3) is 2.80. The fourth-order valence-electron chi connectivity index (χ4n) is 1.72. The highest BCUT2D eigenvalue weighted by molar-refractivity contribution is 4.77. The molecule has 1 heterocycles. The van der Waals surface area contributed by atoms with Gasteiger partial charge in [0.15, 0.2) is 0 Å². The first-order valence-electron chi connectivity index (χ1n) is 4.82. The summed E-state index contributed by atoms with van der Waals surface area (Å²) in [6, 6.07) is 0.758. The van der Waals surface area contributed by atoms with E-state index in [4.69, 9.17) is 0 Å². The first kappa shape index (κ1) is 9.01. The molecule has 1 saturated heterocycles. The number of piperazine rings is 1. The minimum Gasteiger partial charge on any atom is -0.311 e. The van der Waals surface area contributed by atoms with Crippen LogP contribution in [0.4, 0.5) is 0 Å². The summed E-state index contributed by atoms with van der Waals surface area (Å²) in [5.74, 6) is 0. The summed E-state index contributed by atoms with van der Waals surface area (Å²) in [4.78, 5) is 2.52. The van der Waals surface area contributed by atoms with Crippen LogP contribution < -0.4 is 5.32 Å². The maximum atomic E-state index is 3.54. The Labute approximate surface area is 70.0 Å². The molecule has 0 bridgehead atoms. The number of rotatable bonds is 3. The van der Waals surface area contributed by atoms with Crippen LogP contribution >= 0.6 is 0 Å². The predicted molar refractivity (Wildman–Crippen MR) is 48.8 cm³/mol. The van der Waals surface area contributed by atoms with E-state index in [1.54, 1.807) is 0 Å². The molecule has 1 aliphatic rings. The SMILES string of the molecule is CCCC1CN(CC)CCN1. The molecule has 1 N–H and O–H groups in total. The summed E-state index contributed by atoms with van der Waals surface area (Å²) < 4.78 is 0. The predicted octanol–water partition coefficient (Wildman–Crippen LogP) is 1.08. The van der Waals surface area contributed by atoms with Crippen LogP contribution in [0.2, 0.25) is 0 Å². The number of nitrogens with zero attached hydrogens (tertiary/aromatic N) is 1. The van der Waals surface area contributed by atoms with Gasteiger partial charge in [0.25, 0.3) is 0 Å². The molecule has 2 nitrogen and oxygen atoms in total. The van der Waals surface area contributed by atoms with Gasteiger partial charge in [-0.05, 0) is 13.0 Å². The summed E-state index contributed by atoms with van der Waals surface area (Å²) in [7, 11) is 0. The van der Waals surface area contributed by atoms with Crippen LogP contribution in [0, 0.1) is 0 Å². The molecular formula is C9H20N2. The maximum Gasteiger partial charge on any atom is 0.0195 e. The lowest BCUT2D eigenvalue weighted by Crippen LogP contribution is -2.50. The van der Waals surface area contributed by atoms with Gasteiger partial charge in [-0.2, -0.15) is 0 Å². The van der Waals surface area contributed by atoms with Crippen molar-refractivity contribution in [1.29, 1.82) is 0 Å². The maximum absolute atomic E-state index is 3.54. The minimum absolute atomic E-state index is 0.758. The van der Waals surface area contributed by atoms with E-state index in [1.807, 2.05) is 0 Å². The Morgan fingerprint density at radius 1 is 1.45 bits per heavy atom. The van der Waals surface area contributed by atoms with Gasteiger partial charge >= 0.3 is 0 Å². The molecule has 1 rings (SSSR count). The van der Waals surface area contributed by atoms with Crippen LogP contribution in [-0.4, -0.2) is 37.1 Å². The van der Waals surface area contributed by atoms with Crippen molar-refractivity contribution >= 4 is 0 Å². The molecule has 0 spiro atoms. The average molecular weight is 156 g/mol. The first-order valence-corrected chi connectivity index (χ1v) is 4.82. The van der Waals surface area contributed by atoms with Crippen LogP contribution in [0.5, 0.6) is 0 Å². The third-order valence-corrected chi connectivity index (χ3v) is 2.42. The molecule has 66 valence electrons. The number of likely N-dealkylation sites (N-methyl/N-ethyl adjacent to an activating group) is 1. The summed E-state index contributed by atoms with van der Waals surface area (Å²) >= 11 is 0. The Balaban J connectivity index is 2.21. The van der Waals surface area contributed by atoms with E-state index in [1.165, 1.54) is 39.0 Å². The molecule has 0 aliphatic carbocycles. The van der Waals surface area contributed by atoms with Crippen LogP contribution in [0.15, 0.2) is 0 Å². The average Bonchev–Trinajstić information content (AvgIpc) is 2.06. The number of hydrogen-bond acceptors (Lipinski definition) is 2. The Kier molecular flexibility index (Phi) is 3.87. The van der Waals surface area contributed by atoms with Crippen molar-refractivity contribution in [1.82, 2.24) is 10.2 Å². The molecule has 0 aromatic heterocycles. The second-order valence-corrected chi connectivity index (χ2v) is 3.33. The number of nitrogens with one attached hydrogen (secondary N) is 1. The van der Waals surface area contributed by atoms with Crippen molar-refractivity contribution in [3.8, 4) is 0 Å². The van der Waals surface area contributed by atoms with E-state index in [0.29, 0.717) is 0 Å². The van der Waals surface area contributed by atoms with Crippen LogP contribution in [0.25, 0.3) is 0 Å². The van der Waals surface area contributed by atoms with Gasteiger partial charge in [-0.1, -0.05) is 20.3 Å².